The first kappa shape index (κ1) is 8.77. The van der Waals surface area contributed by atoms with Crippen molar-refractivity contribution in [2.24, 2.45) is 11.8 Å². The molecule has 3 atom stereocenters. The molecule has 0 bridgehead atoms. The molecule has 1 aromatic rings. The van der Waals surface area contributed by atoms with Crippen molar-refractivity contribution >= 4 is 11.3 Å². The molecule has 1 unspecified atom stereocenters. The van der Waals surface area contributed by atoms with E-state index in [1.165, 1.54) is 38.6 Å². The van der Waals surface area contributed by atoms with Gasteiger partial charge in [-0.1, -0.05) is 12.8 Å². The number of hydrogen-bond donors (Lipinski definition) is 1. The highest BCUT2D eigenvalue weighted by Gasteiger charge is 2.57. The van der Waals surface area contributed by atoms with Crippen LogP contribution in [0.5, 0.6) is 0 Å². The Kier molecular flexibility index (Phi) is 1.67. The molecule has 2 saturated carbocycles. The van der Waals surface area contributed by atoms with Crippen LogP contribution >= 0.6 is 11.3 Å². The fourth-order valence-electron chi connectivity index (χ4n) is 4.22. The number of rotatable bonds is 0. The van der Waals surface area contributed by atoms with Gasteiger partial charge in [0.15, 0.2) is 0 Å². The maximum Gasteiger partial charge on any atom is 0.0565 e. The van der Waals surface area contributed by atoms with Crippen LogP contribution in [0.4, 0.5) is 0 Å². The highest BCUT2D eigenvalue weighted by molar-refractivity contribution is 7.10. The first-order chi connectivity index (χ1) is 7.40. The molecule has 1 aromatic heterocycles. The summed E-state index contributed by atoms with van der Waals surface area (Å²) in [7, 11) is 0. The van der Waals surface area contributed by atoms with E-state index < -0.39 is 0 Å². The third kappa shape index (κ3) is 0.974. The average Bonchev–Trinajstić information content (AvgIpc) is 2.82. The normalized spacial score (nSPS) is 42.4. The minimum Gasteiger partial charge on any atom is -0.306 e. The van der Waals surface area contributed by atoms with Gasteiger partial charge in [0, 0.05) is 11.4 Å². The van der Waals surface area contributed by atoms with Gasteiger partial charge in [0.2, 0.25) is 0 Å². The molecule has 1 nitrogen and oxygen atoms in total. The summed E-state index contributed by atoms with van der Waals surface area (Å²) < 4.78 is 0. The molecule has 1 N–H and O–H groups in total. The van der Waals surface area contributed by atoms with Crippen molar-refractivity contribution in [1.82, 2.24) is 5.32 Å². The summed E-state index contributed by atoms with van der Waals surface area (Å²) in [6.07, 6.45) is 7.10. The van der Waals surface area contributed by atoms with E-state index in [9.17, 15) is 0 Å². The molecule has 4 rings (SSSR count). The fraction of sp³-hybridized carbons (Fsp3) is 0.692. The maximum atomic E-state index is 3.86. The van der Waals surface area contributed by atoms with Crippen molar-refractivity contribution in [1.29, 1.82) is 0 Å². The lowest BCUT2D eigenvalue weighted by Crippen LogP contribution is -2.60. The molecule has 1 spiro atoms. The van der Waals surface area contributed by atoms with Gasteiger partial charge < -0.3 is 5.32 Å². The topological polar surface area (TPSA) is 12.0 Å². The van der Waals surface area contributed by atoms with Gasteiger partial charge in [-0.05, 0) is 48.1 Å². The third-order valence-electron chi connectivity index (χ3n) is 4.86. The number of fused-ring (bicyclic) bond motifs is 4. The van der Waals surface area contributed by atoms with Gasteiger partial charge in [0.1, 0.15) is 0 Å². The Morgan fingerprint density at radius 1 is 1.40 bits per heavy atom. The summed E-state index contributed by atoms with van der Waals surface area (Å²) >= 11 is 1.99. The molecular formula is C13H17NS. The molecule has 0 amide bonds. The lowest BCUT2D eigenvalue weighted by Gasteiger charge is -2.55. The van der Waals surface area contributed by atoms with Crippen molar-refractivity contribution in [3.8, 4) is 0 Å². The summed E-state index contributed by atoms with van der Waals surface area (Å²) in [5.41, 5.74) is 2.08. The van der Waals surface area contributed by atoms with Crippen LogP contribution in [0.15, 0.2) is 11.4 Å². The minimum atomic E-state index is 0.433. The molecule has 0 saturated heterocycles. The largest absolute Gasteiger partial charge is 0.306 e. The van der Waals surface area contributed by atoms with Gasteiger partial charge in [-0.2, -0.15) is 0 Å². The highest BCUT2D eigenvalue weighted by Crippen LogP contribution is 2.60. The monoisotopic (exact) mass is 219 g/mol. The Morgan fingerprint density at radius 3 is 3.33 bits per heavy atom. The molecule has 2 heteroatoms. The molecule has 15 heavy (non-hydrogen) atoms. The molecule has 0 aromatic carbocycles. The predicted octanol–water partition coefficient (Wildman–Crippen LogP) is 2.91. The Balaban J connectivity index is 1.80. The van der Waals surface area contributed by atoms with Crippen LogP contribution in [-0.4, -0.2) is 6.54 Å². The Labute approximate surface area is 94.9 Å². The molecule has 1 aliphatic heterocycles. The standard InChI is InChI=1S/C13H17NS/c1-2-10-8-13(11(10)3-1)12-9(4-6-14-13)5-7-15-12/h5,7,10-11,14H,1-4,6,8H2/t10-,11-,13?/m0/s1. The second-order valence-corrected chi connectivity index (χ2v) is 6.34. The lowest BCUT2D eigenvalue weighted by atomic mass is 9.58. The SMILES string of the molecule is c1cc2c(s1)C1(C[C@@H]3CCC[C@@H]31)NCC2. The highest BCUT2D eigenvalue weighted by atomic mass is 32.1. The summed E-state index contributed by atoms with van der Waals surface area (Å²) in [6, 6.07) is 2.35. The van der Waals surface area contributed by atoms with Gasteiger partial charge in [0.05, 0.1) is 5.54 Å². The molecule has 2 aliphatic carbocycles. The van der Waals surface area contributed by atoms with Gasteiger partial charge in [-0.15, -0.1) is 11.3 Å². The lowest BCUT2D eigenvalue weighted by molar-refractivity contribution is 0.0228. The van der Waals surface area contributed by atoms with E-state index in [-0.39, 0.29) is 0 Å². The van der Waals surface area contributed by atoms with E-state index in [1.807, 2.05) is 11.3 Å². The third-order valence-corrected chi connectivity index (χ3v) is 6.00. The fourth-order valence-corrected chi connectivity index (χ4v) is 5.43. The van der Waals surface area contributed by atoms with Crippen molar-refractivity contribution in [3.05, 3.63) is 21.9 Å². The maximum absolute atomic E-state index is 3.86. The van der Waals surface area contributed by atoms with Crippen LogP contribution in [0.1, 0.15) is 36.1 Å². The van der Waals surface area contributed by atoms with Gasteiger partial charge in [-0.25, -0.2) is 0 Å². The van der Waals surface area contributed by atoms with E-state index in [0.717, 1.165) is 11.8 Å². The first-order valence-electron chi connectivity index (χ1n) is 6.22. The van der Waals surface area contributed by atoms with Gasteiger partial charge in [-0.3, -0.25) is 0 Å². The van der Waals surface area contributed by atoms with Crippen molar-refractivity contribution < 1.29 is 0 Å². The number of thiophene rings is 1. The van der Waals surface area contributed by atoms with Gasteiger partial charge >= 0.3 is 0 Å². The quantitative estimate of drug-likeness (QED) is 0.707. The van der Waals surface area contributed by atoms with Crippen molar-refractivity contribution in [3.63, 3.8) is 0 Å². The zero-order chi connectivity index (χ0) is 9.88. The Hall–Kier alpha value is -0.340. The molecule has 3 aliphatic rings. The predicted molar refractivity (Wildman–Crippen MR) is 63.2 cm³/mol. The van der Waals surface area contributed by atoms with Crippen LogP contribution in [-0.2, 0) is 12.0 Å². The molecule has 80 valence electrons. The zero-order valence-electron chi connectivity index (χ0n) is 8.96. The molecule has 2 fully saturated rings. The average molecular weight is 219 g/mol. The van der Waals surface area contributed by atoms with Crippen molar-refractivity contribution in [2.75, 3.05) is 6.54 Å². The van der Waals surface area contributed by atoms with Crippen LogP contribution in [0.2, 0.25) is 0 Å². The zero-order valence-corrected chi connectivity index (χ0v) is 9.78. The van der Waals surface area contributed by atoms with E-state index in [0.29, 0.717) is 5.54 Å². The smallest absolute Gasteiger partial charge is 0.0565 e. The van der Waals surface area contributed by atoms with Crippen LogP contribution in [0.25, 0.3) is 0 Å². The summed E-state index contributed by atoms with van der Waals surface area (Å²) in [4.78, 5) is 1.69. The van der Waals surface area contributed by atoms with Crippen LogP contribution < -0.4 is 5.32 Å². The van der Waals surface area contributed by atoms with Gasteiger partial charge in [0.25, 0.3) is 0 Å². The van der Waals surface area contributed by atoms with E-state index in [2.05, 4.69) is 16.8 Å². The van der Waals surface area contributed by atoms with Crippen LogP contribution in [0.3, 0.4) is 0 Å². The van der Waals surface area contributed by atoms with Crippen LogP contribution in [0, 0.1) is 11.8 Å². The molecule has 2 heterocycles. The summed E-state index contributed by atoms with van der Waals surface area (Å²) in [5, 5.41) is 6.15. The second-order valence-electron chi connectivity index (χ2n) is 5.42. The van der Waals surface area contributed by atoms with Crippen molar-refractivity contribution in [2.45, 2.75) is 37.6 Å². The van der Waals surface area contributed by atoms with E-state index in [1.54, 1.807) is 10.4 Å². The summed E-state index contributed by atoms with van der Waals surface area (Å²) in [5.74, 6) is 2.01. The molecular weight excluding hydrogens is 202 g/mol. The number of nitrogens with one attached hydrogen (secondary N) is 1. The number of hydrogen-bond acceptors (Lipinski definition) is 2. The van der Waals surface area contributed by atoms with E-state index in [4.69, 9.17) is 0 Å². The Bertz CT molecular complexity index is 397. The second kappa shape index (κ2) is 2.86. The van der Waals surface area contributed by atoms with E-state index >= 15 is 0 Å². The first-order valence-corrected chi connectivity index (χ1v) is 7.10. The molecule has 0 radical (unpaired) electrons. The minimum absolute atomic E-state index is 0.433. The summed E-state index contributed by atoms with van der Waals surface area (Å²) in [6.45, 7) is 1.20. The Morgan fingerprint density at radius 2 is 2.40 bits per heavy atom.